The Balaban J connectivity index is 2.55. The van der Waals surface area contributed by atoms with E-state index < -0.39 is 0 Å². The minimum absolute atomic E-state index is 0.235. The Hall–Kier alpha value is -0.180. The van der Waals surface area contributed by atoms with Gasteiger partial charge >= 0.3 is 0 Å². The first-order valence-electron chi connectivity index (χ1n) is 3.37. The fourth-order valence-electron chi connectivity index (χ4n) is 0.828. The van der Waals surface area contributed by atoms with Crippen molar-refractivity contribution in [1.29, 1.82) is 0 Å². The van der Waals surface area contributed by atoms with Crippen LogP contribution in [0.15, 0.2) is 12.4 Å². The maximum absolute atomic E-state index is 3.38. The lowest BCUT2D eigenvalue weighted by atomic mass is 10.1. The summed E-state index contributed by atoms with van der Waals surface area (Å²) >= 11 is 3.38. The lowest BCUT2D eigenvalue weighted by molar-refractivity contribution is 0.197. The van der Waals surface area contributed by atoms with E-state index in [1.165, 1.54) is 0 Å². The third-order valence-electron chi connectivity index (χ3n) is 1.56. The number of hydrogen-bond donors (Lipinski definition) is 0. The quantitative estimate of drug-likeness (QED) is 0.559. The molecule has 0 radical (unpaired) electrons. The summed E-state index contributed by atoms with van der Waals surface area (Å²) in [5, 5.41) is 0. The van der Waals surface area contributed by atoms with Gasteiger partial charge in [0.15, 0.2) is 0 Å². The van der Waals surface area contributed by atoms with Crippen molar-refractivity contribution in [3.8, 4) is 0 Å². The van der Waals surface area contributed by atoms with E-state index in [9.17, 15) is 0 Å². The first-order valence-corrected chi connectivity index (χ1v) is 4.08. The maximum Gasteiger partial charge on any atom is 0.101 e. The number of halogens is 1. The molecule has 1 heterocycles. The van der Waals surface area contributed by atoms with Crippen LogP contribution >= 0.6 is 16.1 Å². The van der Waals surface area contributed by atoms with Crippen molar-refractivity contribution in [1.82, 2.24) is 8.83 Å². The average molecular weight is 205 g/mol. The Kier molecular flexibility index (Phi) is 1.95. The van der Waals surface area contributed by atoms with Gasteiger partial charge in [-0.25, -0.2) is 0 Å². The summed E-state index contributed by atoms with van der Waals surface area (Å²) < 4.78 is 1.98. The normalized spacial score (nSPS) is 18.8. The Bertz CT molecular complexity index is 148. The maximum atomic E-state index is 3.38. The smallest absolute Gasteiger partial charge is 0.101 e. The molecule has 0 saturated carbocycles. The molecule has 0 N–H and O–H groups in total. The SMILES string of the molecule is CC(C)(C)N1C=CN(Br)C1. The van der Waals surface area contributed by atoms with E-state index in [0.717, 1.165) is 6.67 Å². The van der Waals surface area contributed by atoms with Gasteiger partial charge in [0.05, 0.1) is 16.1 Å². The molecule has 1 aliphatic heterocycles. The van der Waals surface area contributed by atoms with Crippen LogP contribution in [-0.2, 0) is 0 Å². The summed E-state index contributed by atoms with van der Waals surface area (Å²) in [6, 6.07) is 0. The molecule has 0 aromatic rings. The number of hydrogen-bond acceptors (Lipinski definition) is 2. The average Bonchev–Trinajstić information content (AvgIpc) is 2.11. The molecular weight excluding hydrogens is 192 g/mol. The molecule has 0 aromatic carbocycles. The van der Waals surface area contributed by atoms with Gasteiger partial charge in [0.25, 0.3) is 0 Å². The fourth-order valence-corrected chi connectivity index (χ4v) is 1.18. The summed E-state index contributed by atoms with van der Waals surface area (Å²) in [6.45, 7) is 7.53. The van der Waals surface area contributed by atoms with Gasteiger partial charge in [-0.1, -0.05) is 0 Å². The standard InChI is InChI=1S/C7H13BrN2/c1-7(2,3)9-4-5-10(8)6-9/h4-5H,6H2,1-3H3. The fraction of sp³-hybridized carbons (Fsp3) is 0.714. The first-order chi connectivity index (χ1) is 4.50. The highest BCUT2D eigenvalue weighted by Crippen LogP contribution is 2.20. The summed E-state index contributed by atoms with van der Waals surface area (Å²) in [6.07, 6.45) is 4.11. The van der Waals surface area contributed by atoms with E-state index in [4.69, 9.17) is 0 Å². The van der Waals surface area contributed by atoms with Gasteiger partial charge in [-0.3, -0.25) is 3.93 Å². The monoisotopic (exact) mass is 204 g/mol. The molecule has 0 atom stereocenters. The Morgan fingerprint density at radius 1 is 1.30 bits per heavy atom. The Labute approximate surface area is 70.8 Å². The molecule has 0 spiro atoms. The predicted octanol–water partition coefficient (Wildman–Crippen LogP) is 2.14. The van der Waals surface area contributed by atoms with Gasteiger partial charge in [0.1, 0.15) is 6.67 Å². The van der Waals surface area contributed by atoms with Crippen LogP contribution in [0.4, 0.5) is 0 Å². The molecule has 0 fully saturated rings. The molecule has 1 rings (SSSR count). The van der Waals surface area contributed by atoms with Crippen LogP contribution in [0.2, 0.25) is 0 Å². The van der Waals surface area contributed by atoms with Crippen molar-refractivity contribution >= 4 is 16.1 Å². The number of rotatable bonds is 0. The van der Waals surface area contributed by atoms with Gasteiger partial charge in [0, 0.05) is 17.9 Å². The van der Waals surface area contributed by atoms with E-state index in [1.807, 2.05) is 10.1 Å². The van der Waals surface area contributed by atoms with E-state index in [0.29, 0.717) is 0 Å². The molecule has 3 heteroatoms. The van der Waals surface area contributed by atoms with E-state index in [1.54, 1.807) is 0 Å². The van der Waals surface area contributed by atoms with Gasteiger partial charge in [-0.15, -0.1) is 0 Å². The minimum Gasteiger partial charge on any atom is -0.353 e. The van der Waals surface area contributed by atoms with Gasteiger partial charge in [-0.2, -0.15) is 0 Å². The second-order valence-corrected chi connectivity index (χ2v) is 4.39. The molecule has 0 saturated heterocycles. The summed E-state index contributed by atoms with van der Waals surface area (Å²) in [4.78, 5) is 2.27. The van der Waals surface area contributed by atoms with Crippen molar-refractivity contribution in [3.05, 3.63) is 12.4 Å². The van der Waals surface area contributed by atoms with Crippen LogP contribution in [-0.4, -0.2) is 21.0 Å². The zero-order valence-corrected chi connectivity index (χ0v) is 8.22. The zero-order chi connectivity index (χ0) is 7.78. The van der Waals surface area contributed by atoms with E-state index in [2.05, 4.69) is 48.0 Å². The van der Waals surface area contributed by atoms with Crippen molar-refractivity contribution in [2.75, 3.05) is 6.67 Å². The molecule has 1 aliphatic rings. The highest BCUT2D eigenvalue weighted by Gasteiger charge is 2.21. The van der Waals surface area contributed by atoms with Crippen molar-refractivity contribution < 1.29 is 0 Å². The van der Waals surface area contributed by atoms with Gasteiger partial charge in [-0.05, 0) is 20.8 Å². The highest BCUT2D eigenvalue weighted by atomic mass is 79.9. The molecule has 0 aromatic heterocycles. The first kappa shape index (κ1) is 7.92. The lowest BCUT2D eigenvalue weighted by Gasteiger charge is -2.31. The molecule has 10 heavy (non-hydrogen) atoms. The number of nitrogens with zero attached hydrogens (tertiary/aromatic N) is 2. The third kappa shape index (κ3) is 1.66. The van der Waals surface area contributed by atoms with Crippen molar-refractivity contribution in [3.63, 3.8) is 0 Å². The highest BCUT2D eigenvalue weighted by molar-refractivity contribution is 9.07. The zero-order valence-electron chi connectivity index (χ0n) is 6.63. The molecule has 58 valence electrons. The van der Waals surface area contributed by atoms with Crippen molar-refractivity contribution in [2.45, 2.75) is 26.3 Å². The molecule has 0 bridgehead atoms. The van der Waals surface area contributed by atoms with E-state index in [-0.39, 0.29) is 5.54 Å². The van der Waals surface area contributed by atoms with Crippen LogP contribution in [0.5, 0.6) is 0 Å². The molecule has 0 aliphatic carbocycles. The summed E-state index contributed by atoms with van der Waals surface area (Å²) in [7, 11) is 0. The van der Waals surface area contributed by atoms with E-state index >= 15 is 0 Å². The molecule has 2 nitrogen and oxygen atoms in total. The molecular formula is C7H13BrN2. The van der Waals surface area contributed by atoms with Crippen LogP contribution in [0, 0.1) is 0 Å². The summed E-state index contributed by atoms with van der Waals surface area (Å²) in [5.41, 5.74) is 0.235. The Morgan fingerprint density at radius 2 is 1.90 bits per heavy atom. The molecule has 0 unspecified atom stereocenters. The van der Waals surface area contributed by atoms with Crippen LogP contribution in [0.3, 0.4) is 0 Å². The molecule has 0 amide bonds. The predicted molar refractivity (Wildman–Crippen MR) is 46.4 cm³/mol. The second kappa shape index (κ2) is 2.46. The lowest BCUT2D eigenvalue weighted by Crippen LogP contribution is -2.37. The van der Waals surface area contributed by atoms with Gasteiger partial charge in [0.2, 0.25) is 0 Å². The largest absolute Gasteiger partial charge is 0.353 e. The minimum atomic E-state index is 0.235. The second-order valence-electron chi connectivity index (χ2n) is 3.48. The topological polar surface area (TPSA) is 6.48 Å². The van der Waals surface area contributed by atoms with Crippen LogP contribution < -0.4 is 0 Å². The van der Waals surface area contributed by atoms with Crippen molar-refractivity contribution in [2.24, 2.45) is 0 Å². The van der Waals surface area contributed by atoms with Gasteiger partial charge < -0.3 is 4.90 Å². The summed E-state index contributed by atoms with van der Waals surface area (Å²) in [5.74, 6) is 0. The third-order valence-corrected chi connectivity index (χ3v) is 2.02. The Morgan fingerprint density at radius 3 is 2.10 bits per heavy atom. The van der Waals surface area contributed by atoms with Crippen LogP contribution in [0.25, 0.3) is 0 Å². The van der Waals surface area contributed by atoms with Crippen LogP contribution in [0.1, 0.15) is 20.8 Å².